The van der Waals surface area contributed by atoms with Gasteiger partial charge in [-0.2, -0.15) is 0 Å². The van der Waals surface area contributed by atoms with Crippen LogP contribution in [0, 0.1) is 0 Å². The lowest BCUT2D eigenvalue weighted by atomic mass is 10.2. The quantitative estimate of drug-likeness (QED) is 0.131. The lowest BCUT2D eigenvalue weighted by Crippen LogP contribution is -2.54. The van der Waals surface area contributed by atoms with Crippen LogP contribution in [0.5, 0.6) is 0 Å². The van der Waals surface area contributed by atoms with Gasteiger partial charge in [-0.25, -0.2) is 0 Å². The fourth-order valence-corrected chi connectivity index (χ4v) is 1.85. The smallest absolute Gasteiger partial charge is 0.322 e. The fourth-order valence-electron chi connectivity index (χ4n) is 1.85. The molecule has 0 aliphatic heterocycles. The van der Waals surface area contributed by atoms with E-state index in [4.69, 9.17) is 10.8 Å². The third-order valence-electron chi connectivity index (χ3n) is 3.67. The van der Waals surface area contributed by atoms with Crippen molar-refractivity contribution in [3.8, 4) is 0 Å². The maximum absolute atomic E-state index is 12.0. The Morgan fingerprint density at radius 1 is 0.625 bits per heavy atom. The maximum atomic E-state index is 12.0. The second-order valence-electron chi connectivity index (χ2n) is 6.69. The van der Waals surface area contributed by atoms with Crippen molar-refractivity contribution in [2.45, 2.75) is 38.9 Å². The van der Waals surface area contributed by atoms with Gasteiger partial charge in [0.1, 0.15) is 18.6 Å². The second kappa shape index (κ2) is 14.3. The van der Waals surface area contributed by atoms with Crippen LogP contribution in [0.1, 0.15) is 20.8 Å². The van der Waals surface area contributed by atoms with Crippen LogP contribution in [0.3, 0.4) is 0 Å². The van der Waals surface area contributed by atoms with E-state index in [2.05, 4.69) is 26.6 Å². The average Bonchev–Trinajstić information content (AvgIpc) is 2.72. The number of rotatable bonds is 13. The van der Waals surface area contributed by atoms with E-state index in [1.165, 1.54) is 20.8 Å². The van der Waals surface area contributed by atoms with Gasteiger partial charge in [0.05, 0.1) is 25.7 Å². The summed E-state index contributed by atoms with van der Waals surface area (Å²) in [6.45, 7) is 2.20. The average molecular weight is 459 g/mol. The van der Waals surface area contributed by atoms with Crippen LogP contribution in [0.2, 0.25) is 0 Å². The van der Waals surface area contributed by atoms with Crippen molar-refractivity contribution in [1.82, 2.24) is 31.9 Å². The molecule has 180 valence electrons. The monoisotopic (exact) mass is 459 g/mol. The van der Waals surface area contributed by atoms with Gasteiger partial charge in [-0.05, 0) is 20.8 Å². The Labute approximate surface area is 183 Å². The molecule has 0 aliphatic carbocycles. The molecule has 0 radical (unpaired) electrons. The summed E-state index contributed by atoms with van der Waals surface area (Å²) < 4.78 is 0. The Bertz CT molecular complexity index is 740. The van der Waals surface area contributed by atoms with E-state index in [9.17, 15) is 33.6 Å². The molecule has 0 aliphatic rings. The molecule has 0 aromatic rings. The third-order valence-corrected chi connectivity index (χ3v) is 3.67. The number of amides is 6. The molecular weight excluding hydrogens is 430 g/mol. The summed E-state index contributed by atoms with van der Waals surface area (Å²) >= 11 is 0. The molecule has 0 spiro atoms. The summed E-state index contributed by atoms with van der Waals surface area (Å²) in [5, 5.41) is 21.8. The van der Waals surface area contributed by atoms with Crippen molar-refractivity contribution in [2.24, 2.45) is 5.73 Å². The van der Waals surface area contributed by atoms with Crippen molar-refractivity contribution >= 4 is 41.4 Å². The minimum Gasteiger partial charge on any atom is -0.480 e. The number of carboxylic acid groups (broad SMARTS) is 1. The molecule has 0 aromatic carbocycles. The minimum absolute atomic E-state index is 0.473. The SMILES string of the molecule is C[C@H](N)C(=O)N[C@@H](C)C(=O)N[C@@H](C)C(=O)NCC(=O)NCC(=O)NCC(=O)NCC(=O)O. The Morgan fingerprint density at radius 2 is 1.00 bits per heavy atom. The number of aliphatic carboxylic acids is 1. The van der Waals surface area contributed by atoms with E-state index in [0.717, 1.165) is 0 Å². The maximum Gasteiger partial charge on any atom is 0.322 e. The molecule has 15 heteroatoms. The van der Waals surface area contributed by atoms with E-state index in [0.29, 0.717) is 0 Å². The molecule has 0 unspecified atom stereocenters. The molecule has 3 atom stereocenters. The normalized spacial score (nSPS) is 12.9. The molecule has 0 fully saturated rings. The number of carbonyl (C=O) groups is 7. The second-order valence-corrected chi connectivity index (χ2v) is 6.69. The van der Waals surface area contributed by atoms with E-state index in [1.54, 1.807) is 0 Å². The third kappa shape index (κ3) is 12.7. The fraction of sp³-hybridized carbons (Fsp3) is 0.588. The zero-order valence-corrected chi connectivity index (χ0v) is 17.9. The van der Waals surface area contributed by atoms with Gasteiger partial charge in [-0.1, -0.05) is 0 Å². The highest BCUT2D eigenvalue weighted by atomic mass is 16.4. The predicted molar refractivity (Wildman–Crippen MR) is 109 cm³/mol. The molecule has 0 aromatic heterocycles. The van der Waals surface area contributed by atoms with Crippen LogP contribution in [-0.4, -0.2) is 90.8 Å². The minimum atomic E-state index is -1.24. The first-order chi connectivity index (χ1) is 14.8. The summed E-state index contributed by atoms with van der Waals surface area (Å²) in [5.41, 5.74) is 5.39. The van der Waals surface area contributed by atoms with Crippen LogP contribution in [-0.2, 0) is 33.6 Å². The number of hydrogen-bond donors (Lipinski definition) is 8. The molecule has 15 nitrogen and oxygen atoms in total. The highest BCUT2D eigenvalue weighted by Gasteiger charge is 2.22. The first kappa shape index (κ1) is 28.2. The molecule has 32 heavy (non-hydrogen) atoms. The van der Waals surface area contributed by atoms with Crippen molar-refractivity contribution in [1.29, 1.82) is 0 Å². The Hall–Kier alpha value is -3.75. The molecule has 9 N–H and O–H groups in total. The van der Waals surface area contributed by atoms with E-state index in [-0.39, 0.29) is 0 Å². The van der Waals surface area contributed by atoms with Gasteiger partial charge in [0.25, 0.3) is 0 Å². The number of nitrogens with two attached hydrogens (primary N) is 1. The lowest BCUT2D eigenvalue weighted by molar-refractivity contribution is -0.137. The molecule has 0 heterocycles. The van der Waals surface area contributed by atoms with Crippen molar-refractivity contribution in [3.63, 3.8) is 0 Å². The number of carbonyl (C=O) groups excluding carboxylic acids is 6. The topological polar surface area (TPSA) is 238 Å². The zero-order chi connectivity index (χ0) is 24.8. The predicted octanol–water partition coefficient (Wildman–Crippen LogP) is -5.11. The van der Waals surface area contributed by atoms with Crippen LogP contribution in [0.4, 0.5) is 0 Å². The highest BCUT2D eigenvalue weighted by Crippen LogP contribution is 1.89. The van der Waals surface area contributed by atoms with Gasteiger partial charge in [0.15, 0.2) is 0 Å². The van der Waals surface area contributed by atoms with Gasteiger partial charge in [-0.3, -0.25) is 33.6 Å². The Morgan fingerprint density at radius 3 is 1.44 bits per heavy atom. The van der Waals surface area contributed by atoms with Crippen molar-refractivity contribution in [3.05, 3.63) is 0 Å². The first-order valence-electron chi connectivity index (χ1n) is 9.49. The van der Waals surface area contributed by atoms with Crippen LogP contribution in [0.15, 0.2) is 0 Å². The largest absolute Gasteiger partial charge is 0.480 e. The van der Waals surface area contributed by atoms with Gasteiger partial charge < -0.3 is 42.7 Å². The van der Waals surface area contributed by atoms with Crippen LogP contribution < -0.4 is 37.6 Å². The van der Waals surface area contributed by atoms with Crippen molar-refractivity contribution < 1.29 is 38.7 Å². The summed E-state index contributed by atoms with van der Waals surface area (Å²) in [7, 11) is 0. The van der Waals surface area contributed by atoms with Crippen LogP contribution in [0.25, 0.3) is 0 Å². The number of nitrogens with one attached hydrogen (secondary N) is 6. The van der Waals surface area contributed by atoms with E-state index >= 15 is 0 Å². The lowest BCUT2D eigenvalue weighted by Gasteiger charge is -2.19. The molecule has 0 saturated heterocycles. The molecule has 6 amide bonds. The Balaban J connectivity index is 4.18. The van der Waals surface area contributed by atoms with Gasteiger partial charge in [0, 0.05) is 0 Å². The van der Waals surface area contributed by atoms with E-state index in [1.807, 2.05) is 5.32 Å². The molecular formula is C17H29N7O8. The zero-order valence-electron chi connectivity index (χ0n) is 17.9. The van der Waals surface area contributed by atoms with Crippen molar-refractivity contribution in [2.75, 3.05) is 26.2 Å². The molecule has 0 rings (SSSR count). The summed E-state index contributed by atoms with van der Waals surface area (Å²) in [6.07, 6.45) is 0. The summed E-state index contributed by atoms with van der Waals surface area (Å²) in [6, 6.07) is -2.75. The Kier molecular flexibility index (Phi) is 12.6. The number of carboxylic acids is 1. The van der Waals surface area contributed by atoms with E-state index < -0.39 is 85.7 Å². The molecule has 0 bridgehead atoms. The van der Waals surface area contributed by atoms with Crippen LogP contribution >= 0.6 is 0 Å². The first-order valence-corrected chi connectivity index (χ1v) is 9.49. The standard InChI is InChI=1S/C17H29N7O8/c1-8(18)15(30)23-10(3)17(32)24-9(2)16(31)22-6-13(27)20-4-11(25)19-5-12(26)21-7-14(28)29/h8-10H,4-7,18H2,1-3H3,(H,19,25)(H,20,27)(H,21,26)(H,22,31)(H,23,30)(H,24,32)(H,28,29)/t8-,9-,10-/m0/s1. The summed E-state index contributed by atoms with van der Waals surface area (Å²) in [4.78, 5) is 80.3. The summed E-state index contributed by atoms with van der Waals surface area (Å²) in [5.74, 6) is -5.23. The van der Waals surface area contributed by atoms with Gasteiger partial charge >= 0.3 is 5.97 Å². The highest BCUT2D eigenvalue weighted by molar-refractivity contribution is 5.94. The molecule has 0 saturated carbocycles. The number of hydrogen-bond acceptors (Lipinski definition) is 8. The van der Waals surface area contributed by atoms with Gasteiger partial charge in [-0.15, -0.1) is 0 Å². The van der Waals surface area contributed by atoms with Gasteiger partial charge in [0.2, 0.25) is 35.4 Å².